The molecule has 0 bridgehead atoms. The Morgan fingerprint density at radius 2 is 1.91 bits per heavy atom. The molecule has 0 aliphatic carbocycles. The lowest BCUT2D eigenvalue weighted by molar-refractivity contribution is 0.0122. The number of ether oxygens (including phenoxy) is 1. The Bertz CT molecular complexity index is 491. The van der Waals surface area contributed by atoms with Gasteiger partial charge in [0.05, 0.1) is 6.04 Å². The minimum Gasteiger partial charge on any atom is -0.444 e. The molecule has 1 heterocycles. The number of nitrogens with one attached hydrogen (secondary N) is 1. The van der Waals surface area contributed by atoms with Crippen molar-refractivity contribution in [3.8, 4) is 0 Å². The van der Waals surface area contributed by atoms with Gasteiger partial charge in [0, 0.05) is 19.6 Å². The number of hydrogen-bond acceptors (Lipinski definition) is 3. The third-order valence-corrected chi connectivity index (χ3v) is 3.88. The van der Waals surface area contributed by atoms with Crippen LogP contribution in [-0.2, 0) is 17.6 Å². The van der Waals surface area contributed by atoms with Crippen molar-refractivity contribution in [3.05, 3.63) is 35.4 Å². The van der Waals surface area contributed by atoms with Crippen LogP contribution < -0.4 is 5.32 Å². The molecular formula is C18H28N2O2. The van der Waals surface area contributed by atoms with E-state index < -0.39 is 5.60 Å². The number of piperazine rings is 1. The Kier molecular flexibility index (Phi) is 5.46. The first-order valence-corrected chi connectivity index (χ1v) is 8.17. The van der Waals surface area contributed by atoms with Gasteiger partial charge >= 0.3 is 6.09 Å². The molecule has 4 nitrogen and oxygen atoms in total. The lowest BCUT2D eigenvalue weighted by atomic mass is 10.0. The van der Waals surface area contributed by atoms with E-state index in [0.717, 1.165) is 25.9 Å². The van der Waals surface area contributed by atoms with E-state index in [0.29, 0.717) is 6.54 Å². The van der Waals surface area contributed by atoms with Crippen molar-refractivity contribution in [3.63, 3.8) is 0 Å². The molecule has 22 heavy (non-hydrogen) atoms. The van der Waals surface area contributed by atoms with Crippen molar-refractivity contribution in [1.29, 1.82) is 0 Å². The van der Waals surface area contributed by atoms with Crippen LogP contribution in [0.25, 0.3) is 0 Å². The summed E-state index contributed by atoms with van der Waals surface area (Å²) in [5, 5.41) is 3.38. The second kappa shape index (κ2) is 7.14. The van der Waals surface area contributed by atoms with E-state index in [4.69, 9.17) is 4.74 Å². The summed E-state index contributed by atoms with van der Waals surface area (Å²) in [6.07, 6.45) is 1.70. The molecule has 0 aromatic heterocycles. The maximum Gasteiger partial charge on any atom is 0.410 e. The molecule has 1 aliphatic heterocycles. The van der Waals surface area contributed by atoms with Crippen molar-refractivity contribution < 1.29 is 9.53 Å². The van der Waals surface area contributed by atoms with E-state index >= 15 is 0 Å². The van der Waals surface area contributed by atoms with Crippen molar-refractivity contribution in [2.24, 2.45) is 0 Å². The summed E-state index contributed by atoms with van der Waals surface area (Å²) in [7, 11) is 0. The highest BCUT2D eigenvalue weighted by molar-refractivity contribution is 5.68. The number of amides is 1. The summed E-state index contributed by atoms with van der Waals surface area (Å²) < 4.78 is 5.54. The Morgan fingerprint density at radius 1 is 1.27 bits per heavy atom. The van der Waals surface area contributed by atoms with Crippen LogP contribution in [0.15, 0.2) is 24.3 Å². The van der Waals surface area contributed by atoms with E-state index in [1.54, 1.807) is 0 Å². The maximum absolute atomic E-state index is 12.4. The number of benzene rings is 1. The topological polar surface area (TPSA) is 41.6 Å². The molecule has 0 radical (unpaired) electrons. The van der Waals surface area contributed by atoms with Crippen molar-refractivity contribution in [2.45, 2.75) is 52.2 Å². The first-order chi connectivity index (χ1) is 10.4. The first kappa shape index (κ1) is 16.8. The number of rotatable bonds is 3. The van der Waals surface area contributed by atoms with Crippen molar-refractivity contribution >= 4 is 6.09 Å². The van der Waals surface area contributed by atoms with Crippen LogP contribution in [0.2, 0.25) is 0 Å². The maximum atomic E-state index is 12.4. The molecule has 0 unspecified atom stereocenters. The van der Waals surface area contributed by atoms with E-state index in [2.05, 4.69) is 36.5 Å². The zero-order chi connectivity index (χ0) is 16.2. The Balaban J connectivity index is 2.04. The number of carbonyl (C=O) groups is 1. The lowest BCUT2D eigenvalue weighted by Gasteiger charge is -2.37. The summed E-state index contributed by atoms with van der Waals surface area (Å²) >= 11 is 0. The standard InChI is InChI=1S/C18H28N2O2/c1-5-14-6-8-15(9-7-14)12-16-13-19-10-11-20(16)17(21)22-18(2,3)4/h6-9,16,19H,5,10-13H2,1-4H3/t16-/m1/s1. The molecule has 1 N–H and O–H groups in total. The van der Waals surface area contributed by atoms with E-state index in [-0.39, 0.29) is 12.1 Å². The Hall–Kier alpha value is -1.55. The molecule has 1 aromatic rings. The summed E-state index contributed by atoms with van der Waals surface area (Å²) in [5.41, 5.74) is 2.16. The highest BCUT2D eigenvalue weighted by Gasteiger charge is 2.30. The average Bonchev–Trinajstić information content (AvgIpc) is 2.47. The molecular weight excluding hydrogens is 276 g/mol. The van der Waals surface area contributed by atoms with Gasteiger partial charge in [-0.05, 0) is 44.7 Å². The van der Waals surface area contributed by atoms with Crippen LogP contribution in [0.5, 0.6) is 0 Å². The molecule has 122 valence electrons. The van der Waals surface area contributed by atoms with Crippen LogP contribution in [0, 0.1) is 0 Å². The van der Waals surface area contributed by atoms with Crippen LogP contribution in [0.4, 0.5) is 4.79 Å². The molecule has 0 saturated carbocycles. The van der Waals surface area contributed by atoms with Gasteiger partial charge in [-0.15, -0.1) is 0 Å². The van der Waals surface area contributed by atoms with Gasteiger partial charge in [0.15, 0.2) is 0 Å². The quantitative estimate of drug-likeness (QED) is 0.933. The molecule has 1 atom stereocenters. The zero-order valence-corrected chi connectivity index (χ0v) is 14.2. The summed E-state index contributed by atoms with van der Waals surface area (Å²) in [4.78, 5) is 14.3. The number of nitrogens with zero attached hydrogens (tertiary/aromatic N) is 1. The molecule has 2 rings (SSSR count). The second-order valence-electron chi connectivity index (χ2n) is 6.91. The van der Waals surface area contributed by atoms with Crippen molar-refractivity contribution in [1.82, 2.24) is 10.2 Å². The van der Waals surface area contributed by atoms with Crippen LogP contribution in [0.3, 0.4) is 0 Å². The highest BCUT2D eigenvalue weighted by atomic mass is 16.6. The molecule has 1 aromatic carbocycles. The van der Waals surface area contributed by atoms with Gasteiger partial charge in [0.25, 0.3) is 0 Å². The second-order valence-corrected chi connectivity index (χ2v) is 6.91. The predicted molar refractivity (Wildman–Crippen MR) is 89.1 cm³/mol. The zero-order valence-electron chi connectivity index (χ0n) is 14.2. The molecule has 1 fully saturated rings. The van der Waals surface area contributed by atoms with Gasteiger partial charge < -0.3 is 15.0 Å². The van der Waals surface area contributed by atoms with Gasteiger partial charge in [0.2, 0.25) is 0 Å². The molecule has 1 aliphatic rings. The van der Waals surface area contributed by atoms with Crippen LogP contribution in [-0.4, -0.2) is 42.3 Å². The Labute approximate surface area is 133 Å². The van der Waals surface area contributed by atoms with Gasteiger partial charge in [0.1, 0.15) is 5.60 Å². The van der Waals surface area contributed by atoms with E-state index in [9.17, 15) is 4.79 Å². The van der Waals surface area contributed by atoms with Crippen LogP contribution >= 0.6 is 0 Å². The van der Waals surface area contributed by atoms with Crippen molar-refractivity contribution in [2.75, 3.05) is 19.6 Å². The average molecular weight is 304 g/mol. The number of carbonyl (C=O) groups excluding carboxylic acids is 1. The first-order valence-electron chi connectivity index (χ1n) is 8.17. The molecule has 4 heteroatoms. The van der Waals surface area contributed by atoms with E-state index in [1.165, 1.54) is 11.1 Å². The summed E-state index contributed by atoms with van der Waals surface area (Å²) in [6.45, 7) is 10.2. The predicted octanol–water partition coefficient (Wildman–Crippen LogP) is 3.00. The fraction of sp³-hybridized carbons (Fsp3) is 0.611. The smallest absolute Gasteiger partial charge is 0.410 e. The number of hydrogen-bond donors (Lipinski definition) is 1. The lowest BCUT2D eigenvalue weighted by Crippen LogP contribution is -2.55. The fourth-order valence-corrected chi connectivity index (χ4v) is 2.69. The largest absolute Gasteiger partial charge is 0.444 e. The molecule has 1 saturated heterocycles. The van der Waals surface area contributed by atoms with Gasteiger partial charge in [-0.1, -0.05) is 31.2 Å². The number of aryl methyl sites for hydroxylation is 1. The Morgan fingerprint density at radius 3 is 2.50 bits per heavy atom. The highest BCUT2D eigenvalue weighted by Crippen LogP contribution is 2.16. The third-order valence-electron chi connectivity index (χ3n) is 3.88. The minimum atomic E-state index is -0.449. The fourth-order valence-electron chi connectivity index (χ4n) is 2.69. The van der Waals surface area contributed by atoms with Gasteiger partial charge in [-0.25, -0.2) is 4.79 Å². The normalized spacial score (nSPS) is 19.1. The van der Waals surface area contributed by atoms with Gasteiger partial charge in [-0.2, -0.15) is 0 Å². The summed E-state index contributed by atoms with van der Waals surface area (Å²) in [5.74, 6) is 0. The summed E-state index contributed by atoms with van der Waals surface area (Å²) in [6, 6.07) is 8.82. The monoisotopic (exact) mass is 304 g/mol. The molecule has 0 spiro atoms. The van der Waals surface area contributed by atoms with Gasteiger partial charge in [-0.3, -0.25) is 0 Å². The van der Waals surface area contributed by atoms with E-state index in [1.807, 2.05) is 25.7 Å². The minimum absolute atomic E-state index is 0.149. The SMILES string of the molecule is CCc1ccc(C[C@@H]2CNCCN2C(=O)OC(C)(C)C)cc1. The third kappa shape index (κ3) is 4.73. The molecule has 1 amide bonds. The van der Waals surface area contributed by atoms with Crippen LogP contribution in [0.1, 0.15) is 38.8 Å².